The minimum absolute atomic E-state index is 0.205. The van der Waals surface area contributed by atoms with E-state index in [2.05, 4.69) is 0 Å². The number of fused-ring (bicyclic) bond motifs is 3. The van der Waals surface area contributed by atoms with Crippen LogP contribution in [0.25, 0.3) is 6.08 Å². The Morgan fingerprint density at radius 2 is 1.52 bits per heavy atom. The number of rotatable bonds is 8. The zero-order valence-corrected chi connectivity index (χ0v) is 22.6. The van der Waals surface area contributed by atoms with E-state index >= 15 is 0 Å². The molecule has 2 aliphatic rings. The Balaban J connectivity index is 1.68. The summed E-state index contributed by atoms with van der Waals surface area (Å²) in [6, 6.07) is 19.2. The van der Waals surface area contributed by atoms with Crippen LogP contribution in [0.1, 0.15) is 33.1 Å². The lowest BCUT2D eigenvalue weighted by atomic mass is 9.81. The third-order valence-electron chi connectivity index (χ3n) is 7.35. The first kappa shape index (κ1) is 27.1. The Morgan fingerprint density at radius 1 is 0.900 bits per heavy atom. The van der Waals surface area contributed by atoms with Gasteiger partial charge in [0, 0.05) is 34.0 Å². The second-order valence-corrected chi connectivity index (χ2v) is 10.4. The van der Waals surface area contributed by atoms with E-state index in [0.717, 1.165) is 10.5 Å². The lowest BCUT2D eigenvalue weighted by molar-refractivity contribution is -0.386. The number of ketones is 1. The lowest BCUT2D eigenvalue weighted by Crippen LogP contribution is -2.42. The molecule has 3 aromatic carbocycles. The number of nitrogens with zero attached hydrogens (tertiary/aromatic N) is 2. The molecule has 204 valence electrons. The highest BCUT2D eigenvalue weighted by molar-refractivity contribution is 7.98. The summed E-state index contributed by atoms with van der Waals surface area (Å²) in [6.45, 7) is 0. The summed E-state index contributed by atoms with van der Waals surface area (Å²) >= 11 is 1.51. The van der Waals surface area contributed by atoms with Crippen molar-refractivity contribution < 1.29 is 28.8 Å². The maximum atomic E-state index is 13.9. The van der Waals surface area contributed by atoms with Crippen molar-refractivity contribution in [3.05, 3.63) is 111 Å². The van der Waals surface area contributed by atoms with Gasteiger partial charge in [-0.2, -0.15) is 0 Å². The van der Waals surface area contributed by atoms with Crippen LogP contribution in [0.2, 0.25) is 0 Å². The van der Waals surface area contributed by atoms with Crippen LogP contribution in [0, 0.1) is 22.0 Å². The van der Waals surface area contributed by atoms with Gasteiger partial charge in [0.1, 0.15) is 12.0 Å². The Labute approximate surface area is 234 Å². The molecule has 5 rings (SSSR count). The molecular formula is C30H26N2O7S. The SMILES string of the molecule is COC(=O)C1C(C(=O)OC)C2c3c([N+](=O)[O-])ccc(SCc4ccccc4)c3C=CN2C1C(=O)c1ccccc1. The van der Waals surface area contributed by atoms with Crippen molar-refractivity contribution in [2.75, 3.05) is 14.2 Å². The average Bonchev–Trinajstić information content (AvgIpc) is 3.35. The summed E-state index contributed by atoms with van der Waals surface area (Å²) in [5, 5.41) is 12.3. The molecular weight excluding hydrogens is 532 g/mol. The number of hydrogen-bond acceptors (Lipinski definition) is 9. The van der Waals surface area contributed by atoms with E-state index in [1.807, 2.05) is 30.3 Å². The van der Waals surface area contributed by atoms with Gasteiger partial charge in [-0.15, -0.1) is 11.8 Å². The van der Waals surface area contributed by atoms with Crippen LogP contribution >= 0.6 is 11.8 Å². The molecule has 4 unspecified atom stereocenters. The van der Waals surface area contributed by atoms with E-state index in [4.69, 9.17) is 9.47 Å². The Bertz CT molecular complexity index is 1490. The van der Waals surface area contributed by atoms with Crippen LogP contribution in [0.4, 0.5) is 5.69 Å². The first-order valence-electron chi connectivity index (χ1n) is 12.6. The van der Waals surface area contributed by atoms with Crippen molar-refractivity contribution in [3.8, 4) is 0 Å². The van der Waals surface area contributed by atoms with Gasteiger partial charge in [-0.25, -0.2) is 0 Å². The van der Waals surface area contributed by atoms with Gasteiger partial charge in [-0.05, 0) is 17.7 Å². The van der Waals surface area contributed by atoms with Crippen molar-refractivity contribution in [3.63, 3.8) is 0 Å². The van der Waals surface area contributed by atoms with Crippen LogP contribution in [-0.4, -0.2) is 47.8 Å². The molecule has 0 N–H and O–H groups in total. The number of nitro benzene ring substituents is 1. The minimum Gasteiger partial charge on any atom is -0.469 e. The molecule has 9 nitrogen and oxygen atoms in total. The van der Waals surface area contributed by atoms with Crippen LogP contribution in [0.3, 0.4) is 0 Å². The van der Waals surface area contributed by atoms with E-state index in [0.29, 0.717) is 16.9 Å². The number of nitro groups is 1. The van der Waals surface area contributed by atoms with Gasteiger partial charge in [0.15, 0.2) is 5.78 Å². The molecule has 1 saturated heterocycles. The van der Waals surface area contributed by atoms with Gasteiger partial charge >= 0.3 is 11.9 Å². The number of hydrogen-bond donors (Lipinski definition) is 0. The molecule has 10 heteroatoms. The highest BCUT2D eigenvalue weighted by Gasteiger charge is 2.60. The summed E-state index contributed by atoms with van der Waals surface area (Å²) in [6.07, 6.45) is 3.36. The molecule has 2 aliphatic heterocycles. The van der Waals surface area contributed by atoms with Crippen molar-refractivity contribution in [1.82, 2.24) is 4.90 Å². The minimum atomic E-state index is -1.26. The molecule has 0 bridgehead atoms. The number of carbonyl (C=O) groups excluding carboxylic acids is 3. The van der Waals surface area contributed by atoms with Gasteiger partial charge in [-0.3, -0.25) is 24.5 Å². The number of ether oxygens (including phenoxy) is 2. The molecule has 3 aromatic rings. The van der Waals surface area contributed by atoms with Crippen molar-refractivity contribution in [2.24, 2.45) is 11.8 Å². The van der Waals surface area contributed by atoms with Crippen molar-refractivity contribution in [1.29, 1.82) is 0 Å². The van der Waals surface area contributed by atoms with E-state index in [1.54, 1.807) is 53.6 Å². The first-order chi connectivity index (χ1) is 19.4. The third-order valence-corrected chi connectivity index (χ3v) is 8.50. The Kier molecular flexibility index (Phi) is 7.70. The summed E-state index contributed by atoms with van der Waals surface area (Å²) in [5.74, 6) is -3.80. The van der Waals surface area contributed by atoms with E-state index in [9.17, 15) is 24.5 Å². The first-order valence-corrected chi connectivity index (χ1v) is 13.5. The molecule has 0 radical (unpaired) electrons. The summed E-state index contributed by atoms with van der Waals surface area (Å²) in [7, 11) is 2.37. The molecule has 0 aliphatic carbocycles. The molecule has 0 spiro atoms. The lowest BCUT2D eigenvalue weighted by Gasteiger charge is -2.34. The van der Waals surface area contributed by atoms with Crippen molar-refractivity contribution in [2.45, 2.75) is 22.7 Å². The highest BCUT2D eigenvalue weighted by atomic mass is 32.2. The van der Waals surface area contributed by atoms with Gasteiger partial charge in [0.25, 0.3) is 5.69 Å². The second kappa shape index (κ2) is 11.4. The van der Waals surface area contributed by atoms with Gasteiger partial charge in [0.05, 0.1) is 36.7 Å². The number of Topliss-reactive ketones (excluding diaryl/α,β-unsaturated/α-hetero) is 1. The molecule has 0 amide bonds. The number of esters is 2. The Hall–Kier alpha value is -4.44. The van der Waals surface area contributed by atoms with Gasteiger partial charge in [-0.1, -0.05) is 60.7 Å². The average molecular weight is 559 g/mol. The summed E-state index contributed by atoms with van der Waals surface area (Å²) < 4.78 is 10.2. The fourth-order valence-corrected chi connectivity index (χ4v) is 6.63. The van der Waals surface area contributed by atoms with Crippen LogP contribution in [0.5, 0.6) is 0 Å². The fourth-order valence-electron chi connectivity index (χ4n) is 5.61. The predicted octanol–water partition coefficient (Wildman–Crippen LogP) is 5.06. The van der Waals surface area contributed by atoms with E-state index < -0.39 is 46.6 Å². The smallest absolute Gasteiger partial charge is 0.312 e. The normalized spacial score (nSPS) is 20.8. The quantitative estimate of drug-likeness (QED) is 0.123. The topological polar surface area (TPSA) is 116 Å². The maximum Gasteiger partial charge on any atom is 0.312 e. The number of benzene rings is 3. The van der Waals surface area contributed by atoms with Crippen LogP contribution in [0.15, 0.2) is 83.9 Å². The molecule has 2 heterocycles. The second-order valence-electron chi connectivity index (χ2n) is 9.42. The maximum absolute atomic E-state index is 13.9. The molecule has 1 fully saturated rings. The molecule has 40 heavy (non-hydrogen) atoms. The monoisotopic (exact) mass is 558 g/mol. The zero-order valence-electron chi connectivity index (χ0n) is 21.8. The van der Waals surface area contributed by atoms with Gasteiger partial charge in [0.2, 0.25) is 0 Å². The van der Waals surface area contributed by atoms with Crippen LogP contribution in [-0.2, 0) is 24.8 Å². The zero-order chi connectivity index (χ0) is 28.4. The Morgan fingerprint density at radius 3 is 2.15 bits per heavy atom. The largest absolute Gasteiger partial charge is 0.469 e. The number of carbonyl (C=O) groups is 3. The predicted molar refractivity (Wildman–Crippen MR) is 148 cm³/mol. The van der Waals surface area contributed by atoms with Gasteiger partial charge < -0.3 is 14.4 Å². The summed E-state index contributed by atoms with van der Waals surface area (Å²) in [4.78, 5) is 54.6. The third kappa shape index (κ3) is 4.75. The number of thioether (sulfide) groups is 1. The molecule has 4 atom stereocenters. The van der Waals surface area contributed by atoms with E-state index in [1.165, 1.54) is 32.0 Å². The highest BCUT2D eigenvalue weighted by Crippen LogP contribution is 2.53. The molecule has 0 aromatic heterocycles. The number of methoxy groups -OCH3 is 2. The van der Waals surface area contributed by atoms with Crippen molar-refractivity contribution >= 4 is 41.2 Å². The standard InChI is InChI=1S/C30H26N2O7S/c1-38-29(34)24-25(30(35)39-2)27(28(33)19-11-7-4-8-12-19)31-16-15-20-22(40-17-18-9-5-3-6-10-18)14-13-21(32(36)37)23(20)26(24)31/h3-16,24-27H,17H2,1-2H3. The summed E-state index contributed by atoms with van der Waals surface area (Å²) in [5.41, 5.74) is 2.05. The fraction of sp³-hybridized carbons (Fsp3) is 0.233. The van der Waals surface area contributed by atoms with Crippen LogP contribution < -0.4 is 0 Å². The molecule has 0 saturated carbocycles. The van der Waals surface area contributed by atoms with E-state index in [-0.39, 0.29) is 11.3 Å².